The molecule has 0 atom stereocenters. The summed E-state index contributed by atoms with van der Waals surface area (Å²) in [5.74, 6) is 1.39. The number of aromatic nitrogens is 2. The zero-order valence-electron chi connectivity index (χ0n) is 15.5. The first-order valence-electron chi connectivity index (χ1n) is 8.76. The highest BCUT2D eigenvalue weighted by Gasteiger charge is 2.14. The number of hydrogen-bond acceptors (Lipinski definition) is 4. The molecule has 27 heavy (non-hydrogen) atoms. The third-order valence-electron chi connectivity index (χ3n) is 4.38. The quantitative estimate of drug-likeness (QED) is 0.418. The molecule has 0 saturated carbocycles. The first-order chi connectivity index (χ1) is 13.2. The van der Waals surface area contributed by atoms with Gasteiger partial charge in [0.25, 0.3) is 0 Å². The molecule has 0 spiro atoms. The predicted molar refractivity (Wildman–Crippen MR) is 107 cm³/mol. The lowest BCUT2D eigenvalue weighted by molar-refractivity contribution is 0.415. The van der Waals surface area contributed by atoms with E-state index in [-0.39, 0.29) is 0 Å². The van der Waals surface area contributed by atoms with E-state index in [0.29, 0.717) is 17.3 Å². The minimum Gasteiger partial charge on any atom is -0.494 e. The Bertz CT molecular complexity index is 1130. The Kier molecular flexibility index (Phi) is 4.42. The lowest BCUT2D eigenvalue weighted by Crippen LogP contribution is -1.86. The third-order valence-corrected chi connectivity index (χ3v) is 4.38. The molecule has 0 aliphatic carbocycles. The maximum Gasteiger partial charge on any atom is 0.187 e. The predicted octanol–water partition coefficient (Wildman–Crippen LogP) is 6.04. The maximum absolute atomic E-state index is 5.42. The van der Waals surface area contributed by atoms with E-state index in [1.807, 2.05) is 85.1 Å². The molecule has 0 saturated heterocycles. The molecule has 5 heteroatoms. The Balaban J connectivity index is 1.90. The van der Waals surface area contributed by atoms with Gasteiger partial charge in [0.15, 0.2) is 5.82 Å². The first kappa shape index (κ1) is 17.0. The van der Waals surface area contributed by atoms with Crippen LogP contribution >= 0.6 is 0 Å². The van der Waals surface area contributed by atoms with E-state index in [4.69, 9.17) is 9.72 Å². The molecule has 5 nitrogen and oxygen atoms in total. The summed E-state index contributed by atoms with van der Waals surface area (Å²) in [5, 5.41) is 9.06. The molecular weight excluding hydrogens is 336 g/mol. The molecule has 0 fully saturated rings. The number of nitrogens with zero attached hydrogens (tertiary/aromatic N) is 4. The molecule has 2 heterocycles. The van der Waals surface area contributed by atoms with Crippen molar-refractivity contribution in [3.8, 4) is 17.0 Å². The summed E-state index contributed by atoms with van der Waals surface area (Å²) in [5.41, 5.74) is 5.57. The molecule has 0 amide bonds. The van der Waals surface area contributed by atoms with Crippen molar-refractivity contribution in [3.63, 3.8) is 0 Å². The second kappa shape index (κ2) is 7.03. The van der Waals surface area contributed by atoms with E-state index in [0.717, 1.165) is 28.0 Å². The topological polar surface area (TPSA) is 51.2 Å². The molecule has 4 aromatic rings. The van der Waals surface area contributed by atoms with Crippen LogP contribution in [0, 0.1) is 13.8 Å². The zero-order valence-corrected chi connectivity index (χ0v) is 15.5. The highest BCUT2D eigenvalue weighted by Crippen LogP contribution is 2.34. The number of azo groups is 1. The second-order valence-electron chi connectivity index (χ2n) is 6.46. The van der Waals surface area contributed by atoms with Crippen molar-refractivity contribution in [2.24, 2.45) is 10.2 Å². The molecule has 4 rings (SSSR count). The van der Waals surface area contributed by atoms with Crippen LogP contribution in [0.4, 0.5) is 11.5 Å². The van der Waals surface area contributed by atoms with Gasteiger partial charge in [0, 0.05) is 11.8 Å². The molecule has 0 bridgehead atoms. The molecule has 2 aromatic carbocycles. The van der Waals surface area contributed by atoms with E-state index in [2.05, 4.69) is 10.2 Å². The number of aryl methyl sites for hydroxylation is 2. The minimum absolute atomic E-state index is 0.690. The lowest BCUT2D eigenvalue weighted by atomic mass is 10.1. The van der Waals surface area contributed by atoms with Gasteiger partial charge in [0.1, 0.15) is 22.8 Å². The molecular formula is C22H20N4O. The zero-order chi connectivity index (χ0) is 18.8. The Morgan fingerprint density at radius 1 is 0.889 bits per heavy atom. The van der Waals surface area contributed by atoms with Crippen LogP contribution in [0.3, 0.4) is 0 Å². The smallest absolute Gasteiger partial charge is 0.187 e. The van der Waals surface area contributed by atoms with Gasteiger partial charge in [-0.3, -0.25) is 4.40 Å². The number of imidazole rings is 1. The lowest BCUT2D eigenvalue weighted by Gasteiger charge is -2.04. The first-order valence-corrected chi connectivity index (χ1v) is 8.76. The summed E-state index contributed by atoms with van der Waals surface area (Å²) >= 11 is 0. The number of benzene rings is 2. The average Bonchev–Trinajstić information content (AvgIpc) is 3.05. The Morgan fingerprint density at radius 2 is 1.67 bits per heavy atom. The van der Waals surface area contributed by atoms with Crippen molar-refractivity contribution >= 4 is 17.2 Å². The number of ether oxygens (including phenoxy) is 1. The average molecular weight is 356 g/mol. The van der Waals surface area contributed by atoms with Crippen LogP contribution in [-0.4, -0.2) is 16.5 Å². The van der Waals surface area contributed by atoms with Crippen LogP contribution < -0.4 is 4.74 Å². The molecule has 0 aliphatic rings. The van der Waals surface area contributed by atoms with E-state index in [9.17, 15) is 0 Å². The van der Waals surface area contributed by atoms with Crippen molar-refractivity contribution in [1.29, 1.82) is 0 Å². The van der Waals surface area contributed by atoms with Crippen LogP contribution in [0.25, 0.3) is 16.9 Å². The standard InChI is InChI=1S/C22H20N4O/c1-15-9-11-19(27-3)18(13-15)24-25-22-21(17-7-5-4-6-8-17)23-20-12-10-16(2)14-26(20)22/h4-14H,1-3H3. The number of pyridine rings is 1. The van der Waals surface area contributed by atoms with Gasteiger partial charge in [-0.2, -0.15) is 0 Å². The molecule has 0 aliphatic heterocycles. The van der Waals surface area contributed by atoms with Crippen molar-refractivity contribution in [3.05, 3.63) is 78.0 Å². The highest BCUT2D eigenvalue weighted by molar-refractivity contribution is 5.74. The van der Waals surface area contributed by atoms with Gasteiger partial charge >= 0.3 is 0 Å². The van der Waals surface area contributed by atoms with Crippen LogP contribution in [0.1, 0.15) is 11.1 Å². The van der Waals surface area contributed by atoms with E-state index >= 15 is 0 Å². The van der Waals surface area contributed by atoms with Crippen molar-refractivity contribution < 1.29 is 4.74 Å². The van der Waals surface area contributed by atoms with E-state index < -0.39 is 0 Å². The number of methoxy groups -OCH3 is 1. The SMILES string of the molecule is COc1ccc(C)cc1N=Nc1c(-c2ccccc2)nc2ccc(C)cn12. The van der Waals surface area contributed by atoms with E-state index in [1.54, 1.807) is 7.11 Å². The van der Waals surface area contributed by atoms with Gasteiger partial charge in [-0.15, -0.1) is 10.2 Å². The molecule has 134 valence electrons. The largest absolute Gasteiger partial charge is 0.494 e. The summed E-state index contributed by atoms with van der Waals surface area (Å²) in [6.45, 7) is 4.07. The van der Waals surface area contributed by atoms with Gasteiger partial charge in [0.2, 0.25) is 0 Å². The fourth-order valence-electron chi connectivity index (χ4n) is 3.00. The third kappa shape index (κ3) is 3.31. The monoisotopic (exact) mass is 356 g/mol. The van der Waals surface area contributed by atoms with Gasteiger partial charge in [-0.1, -0.05) is 42.5 Å². The van der Waals surface area contributed by atoms with Gasteiger partial charge < -0.3 is 4.74 Å². The maximum atomic E-state index is 5.42. The van der Waals surface area contributed by atoms with Crippen LogP contribution in [0.15, 0.2) is 77.1 Å². The normalized spacial score (nSPS) is 11.4. The Labute approximate surface area is 158 Å². The molecule has 0 unspecified atom stereocenters. The highest BCUT2D eigenvalue weighted by atomic mass is 16.5. The minimum atomic E-state index is 0.690. The molecule has 0 radical (unpaired) electrons. The number of hydrogen-bond donors (Lipinski definition) is 0. The van der Waals surface area contributed by atoms with Crippen molar-refractivity contribution in [2.75, 3.05) is 7.11 Å². The van der Waals surface area contributed by atoms with Crippen LogP contribution in [-0.2, 0) is 0 Å². The fraction of sp³-hybridized carbons (Fsp3) is 0.136. The van der Waals surface area contributed by atoms with Gasteiger partial charge in [0.05, 0.1) is 7.11 Å². The van der Waals surface area contributed by atoms with Crippen molar-refractivity contribution in [1.82, 2.24) is 9.38 Å². The summed E-state index contributed by atoms with van der Waals surface area (Å²) in [6.07, 6.45) is 2.02. The summed E-state index contributed by atoms with van der Waals surface area (Å²) in [7, 11) is 1.64. The molecule has 0 N–H and O–H groups in total. The van der Waals surface area contributed by atoms with Gasteiger partial charge in [-0.05, 0) is 43.2 Å². The summed E-state index contributed by atoms with van der Waals surface area (Å²) in [6, 6.07) is 19.9. The van der Waals surface area contributed by atoms with Crippen LogP contribution in [0.5, 0.6) is 5.75 Å². The second-order valence-corrected chi connectivity index (χ2v) is 6.46. The van der Waals surface area contributed by atoms with Gasteiger partial charge in [-0.25, -0.2) is 4.98 Å². The van der Waals surface area contributed by atoms with E-state index in [1.165, 1.54) is 0 Å². The van der Waals surface area contributed by atoms with Crippen molar-refractivity contribution in [2.45, 2.75) is 13.8 Å². The van der Waals surface area contributed by atoms with Crippen LogP contribution in [0.2, 0.25) is 0 Å². The summed E-state index contributed by atoms with van der Waals surface area (Å²) < 4.78 is 7.39. The summed E-state index contributed by atoms with van der Waals surface area (Å²) in [4.78, 5) is 4.77. The number of rotatable bonds is 4. The fourth-order valence-corrected chi connectivity index (χ4v) is 3.00. The molecule has 2 aromatic heterocycles. The number of fused-ring (bicyclic) bond motifs is 1. The Morgan fingerprint density at radius 3 is 2.44 bits per heavy atom. The Hall–Kier alpha value is -3.47.